The van der Waals surface area contributed by atoms with Crippen LogP contribution in [0.25, 0.3) is 0 Å². The second-order valence-electron chi connectivity index (χ2n) is 6.76. The Hall–Kier alpha value is -2.62. The van der Waals surface area contributed by atoms with E-state index in [1.54, 1.807) is 7.11 Å². The maximum absolute atomic E-state index is 5.67. The largest absolute Gasteiger partial charge is 0.496 e. The lowest BCUT2D eigenvalue weighted by Crippen LogP contribution is -2.28. The normalized spacial score (nSPS) is 19.8. The lowest BCUT2D eigenvalue weighted by Gasteiger charge is -2.32. The van der Waals surface area contributed by atoms with Gasteiger partial charge in [-0.1, -0.05) is 24.3 Å². The minimum absolute atomic E-state index is 0.501. The molecule has 4 rings (SSSR count). The molecule has 0 amide bonds. The number of para-hydroxylation sites is 1. The van der Waals surface area contributed by atoms with Crippen LogP contribution in [0.2, 0.25) is 0 Å². The van der Waals surface area contributed by atoms with E-state index in [1.165, 1.54) is 22.3 Å². The number of nitrogens with zero attached hydrogens (tertiary/aromatic N) is 3. The van der Waals surface area contributed by atoms with E-state index in [9.17, 15) is 0 Å². The number of aromatic nitrogens is 1. The van der Waals surface area contributed by atoms with E-state index < -0.39 is 0 Å². The molecule has 1 aliphatic carbocycles. The monoisotopic (exact) mass is 333 g/mol. The van der Waals surface area contributed by atoms with Crippen LogP contribution >= 0.6 is 0 Å². The lowest BCUT2D eigenvalue weighted by molar-refractivity contribution is 0.399. The van der Waals surface area contributed by atoms with Gasteiger partial charge in [-0.05, 0) is 66.5 Å². The summed E-state index contributed by atoms with van der Waals surface area (Å²) in [5.41, 5.74) is 5.41. The van der Waals surface area contributed by atoms with Gasteiger partial charge in [-0.3, -0.25) is 0 Å². The van der Waals surface area contributed by atoms with Crippen LogP contribution in [0.3, 0.4) is 0 Å². The summed E-state index contributed by atoms with van der Waals surface area (Å²) in [6.07, 6.45) is 7.14. The van der Waals surface area contributed by atoms with Gasteiger partial charge in [0, 0.05) is 6.20 Å². The van der Waals surface area contributed by atoms with Gasteiger partial charge in [0.2, 0.25) is 0 Å². The van der Waals surface area contributed by atoms with Crippen LogP contribution in [-0.2, 0) is 0 Å². The number of hydrogen-bond donors (Lipinski definition) is 0. The third-order valence-electron chi connectivity index (χ3n) is 5.21. The highest BCUT2D eigenvalue weighted by Gasteiger charge is 2.27. The summed E-state index contributed by atoms with van der Waals surface area (Å²) >= 11 is 0. The van der Waals surface area contributed by atoms with Gasteiger partial charge in [0.05, 0.1) is 19.9 Å². The number of hydrazone groups is 1. The van der Waals surface area contributed by atoms with Crippen molar-refractivity contribution >= 4 is 12.0 Å². The fourth-order valence-electron chi connectivity index (χ4n) is 3.89. The van der Waals surface area contributed by atoms with E-state index in [4.69, 9.17) is 4.74 Å². The predicted octanol–water partition coefficient (Wildman–Crippen LogP) is 4.47. The van der Waals surface area contributed by atoms with Gasteiger partial charge < -0.3 is 4.74 Å². The molecule has 0 saturated heterocycles. The van der Waals surface area contributed by atoms with Crippen molar-refractivity contribution < 1.29 is 4.74 Å². The Balaban J connectivity index is 1.55. The van der Waals surface area contributed by atoms with Crippen molar-refractivity contribution in [1.82, 2.24) is 4.98 Å². The average Bonchev–Trinajstić information content (AvgIpc) is 2.67. The maximum atomic E-state index is 5.67. The Labute approximate surface area is 148 Å². The van der Waals surface area contributed by atoms with E-state index in [2.05, 4.69) is 35.2 Å². The zero-order valence-corrected chi connectivity index (χ0v) is 14.8. The van der Waals surface area contributed by atoms with Crippen molar-refractivity contribution in [2.45, 2.75) is 32.1 Å². The summed E-state index contributed by atoms with van der Waals surface area (Å²) in [5, 5.41) is 6.62. The first kappa shape index (κ1) is 15.9. The predicted molar refractivity (Wildman–Crippen MR) is 101 cm³/mol. The molecule has 0 spiro atoms. The molecule has 0 saturated carbocycles. The van der Waals surface area contributed by atoms with Crippen LogP contribution in [0.1, 0.15) is 36.3 Å². The molecule has 128 valence electrons. The van der Waals surface area contributed by atoms with E-state index in [0.717, 1.165) is 37.4 Å². The lowest BCUT2D eigenvalue weighted by atomic mass is 9.79. The van der Waals surface area contributed by atoms with E-state index in [-0.39, 0.29) is 0 Å². The van der Waals surface area contributed by atoms with Crippen LogP contribution in [0.15, 0.2) is 58.8 Å². The van der Waals surface area contributed by atoms with Crippen molar-refractivity contribution in [1.29, 1.82) is 0 Å². The molecule has 4 heteroatoms. The van der Waals surface area contributed by atoms with Crippen LogP contribution in [-0.4, -0.2) is 24.9 Å². The third-order valence-corrected chi connectivity index (χ3v) is 5.21. The molecule has 0 fully saturated rings. The van der Waals surface area contributed by atoms with Gasteiger partial charge >= 0.3 is 0 Å². The van der Waals surface area contributed by atoms with Crippen LogP contribution in [0.5, 0.6) is 5.75 Å². The van der Waals surface area contributed by atoms with E-state index >= 15 is 0 Å². The first-order valence-corrected chi connectivity index (χ1v) is 8.83. The van der Waals surface area contributed by atoms with Gasteiger partial charge in [-0.25, -0.2) is 9.99 Å². The molecule has 2 aliphatic rings. The number of aryl methyl sites for hydroxylation is 1. The number of methoxy groups -OCH3 is 1. The van der Waals surface area contributed by atoms with E-state index in [1.807, 2.05) is 35.6 Å². The number of benzene rings is 1. The second kappa shape index (κ2) is 6.71. The fraction of sp³-hybridized carbons (Fsp3) is 0.333. The van der Waals surface area contributed by atoms with Gasteiger partial charge in [-0.2, -0.15) is 5.10 Å². The molecular weight excluding hydrogens is 310 g/mol. The molecule has 1 aromatic heterocycles. The van der Waals surface area contributed by atoms with Crippen molar-refractivity contribution in [2.75, 3.05) is 18.7 Å². The Morgan fingerprint density at radius 2 is 2.08 bits per heavy atom. The van der Waals surface area contributed by atoms with Crippen LogP contribution < -0.4 is 9.75 Å². The molecule has 0 bridgehead atoms. The van der Waals surface area contributed by atoms with Gasteiger partial charge in [-0.15, -0.1) is 0 Å². The smallest absolute Gasteiger partial charge is 0.148 e. The van der Waals surface area contributed by atoms with E-state index in [0.29, 0.717) is 5.92 Å². The van der Waals surface area contributed by atoms with Crippen molar-refractivity contribution in [2.24, 2.45) is 5.10 Å². The van der Waals surface area contributed by atoms with Crippen molar-refractivity contribution in [3.63, 3.8) is 0 Å². The minimum Gasteiger partial charge on any atom is -0.496 e. The number of allylic oxidation sites excluding steroid dienone is 1. The average molecular weight is 333 g/mol. The van der Waals surface area contributed by atoms with Gasteiger partial charge in [0.1, 0.15) is 11.6 Å². The number of hydrogen-bond acceptors (Lipinski definition) is 4. The molecule has 2 aromatic rings. The van der Waals surface area contributed by atoms with Crippen LogP contribution in [0.4, 0.5) is 5.82 Å². The number of anilines is 1. The van der Waals surface area contributed by atoms with Crippen LogP contribution in [0, 0.1) is 6.92 Å². The second-order valence-corrected chi connectivity index (χ2v) is 6.76. The Morgan fingerprint density at radius 1 is 1.16 bits per heavy atom. The summed E-state index contributed by atoms with van der Waals surface area (Å²) in [6, 6.07) is 12.4. The molecule has 2 heterocycles. The number of rotatable bonds is 3. The molecule has 0 radical (unpaired) electrons. The first-order valence-electron chi connectivity index (χ1n) is 8.83. The molecule has 0 N–H and O–H groups in total. The molecule has 1 unspecified atom stereocenters. The fourth-order valence-corrected chi connectivity index (χ4v) is 3.89. The molecule has 4 nitrogen and oxygen atoms in total. The minimum atomic E-state index is 0.501. The highest BCUT2D eigenvalue weighted by molar-refractivity contribution is 5.83. The Kier molecular flexibility index (Phi) is 4.26. The zero-order chi connectivity index (χ0) is 17.2. The van der Waals surface area contributed by atoms with Crippen molar-refractivity contribution in [3.05, 3.63) is 64.9 Å². The molecule has 25 heavy (non-hydrogen) atoms. The number of pyridine rings is 1. The highest BCUT2D eigenvalue weighted by Crippen LogP contribution is 2.41. The maximum Gasteiger partial charge on any atom is 0.148 e. The SMILES string of the molecule is COc1c(C)cccc1C1CCC2=C(C=NN(c3ccccn3)C2)C1. The number of ether oxygens (including phenoxy) is 1. The van der Waals surface area contributed by atoms with Gasteiger partial charge in [0.15, 0.2) is 0 Å². The summed E-state index contributed by atoms with van der Waals surface area (Å²) < 4.78 is 5.67. The van der Waals surface area contributed by atoms with Crippen molar-refractivity contribution in [3.8, 4) is 5.75 Å². The summed E-state index contributed by atoms with van der Waals surface area (Å²) in [5.74, 6) is 2.45. The zero-order valence-electron chi connectivity index (χ0n) is 14.8. The molecular formula is C21H23N3O. The summed E-state index contributed by atoms with van der Waals surface area (Å²) in [7, 11) is 1.77. The third kappa shape index (κ3) is 3.04. The summed E-state index contributed by atoms with van der Waals surface area (Å²) in [6.45, 7) is 2.96. The molecule has 1 aromatic carbocycles. The topological polar surface area (TPSA) is 37.7 Å². The Bertz CT molecular complexity index is 826. The molecule has 1 aliphatic heterocycles. The summed E-state index contributed by atoms with van der Waals surface area (Å²) in [4.78, 5) is 4.41. The standard InChI is InChI=1S/C21H23N3O/c1-15-6-5-7-19(21(15)25-2)16-9-10-17-14-24(23-13-18(17)12-16)20-8-3-4-11-22-20/h3-8,11,13,16H,9-10,12,14H2,1-2H3. The Morgan fingerprint density at radius 3 is 2.88 bits per heavy atom. The van der Waals surface area contributed by atoms with Gasteiger partial charge in [0.25, 0.3) is 0 Å². The first-order chi connectivity index (χ1) is 12.3. The quantitative estimate of drug-likeness (QED) is 0.832. The highest BCUT2D eigenvalue weighted by atomic mass is 16.5. The molecule has 1 atom stereocenters.